The van der Waals surface area contributed by atoms with E-state index in [2.05, 4.69) is 15.2 Å². The van der Waals surface area contributed by atoms with Crippen LogP contribution in [-0.4, -0.2) is 21.0 Å². The second kappa shape index (κ2) is 2.62. The van der Waals surface area contributed by atoms with Crippen LogP contribution in [0.1, 0.15) is 17.4 Å². The van der Waals surface area contributed by atoms with Crippen LogP contribution in [0.2, 0.25) is 0 Å². The lowest BCUT2D eigenvalue weighted by Crippen LogP contribution is -1.92. The molecule has 66 valence electrons. The Morgan fingerprint density at radius 3 is 3.08 bits per heavy atom. The van der Waals surface area contributed by atoms with Crippen LogP contribution in [0.25, 0.3) is 11.0 Å². The van der Waals surface area contributed by atoms with Gasteiger partial charge in [0.1, 0.15) is 11.5 Å². The topological polar surface area (TPSA) is 58.6 Å². The summed E-state index contributed by atoms with van der Waals surface area (Å²) in [7, 11) is 0. The lowest BCUT2D eigenvalue weighted by molar-refractivity contribution is 0.101. The minimum atomic E-state index is -0.476. The molecule has 0 amide bonds. The molecule has 0 saturated heterocycles. The predicted octanol–water partition coefficient (Wildman–Crippen LogP) is 1.30. The highest BCUT2D eigenvalue weighted by Gasteiger charge is 2.10. The smallest absolute Gasteiger partial charge is 0.181 e. The molecular formula is C8H6FN3O. The van der Waals surface area contributed by atoms with Gasteiger partial charge in [-0.15, -0.1) is 0 Å². The number of Topliss-reactive ketones (excluding diaryl/α,β-unsaturated/α-hetero) is 1. The number of H-pyrrole nitrogens is 1. The van der Waals surface area contributed by atoms with Crippen LogP contribution in [0.4, 0.5) is 4.39 Å². The molecule has 0 atom stereocenters. The zero-order chi connectivity index (χ0) is 9.42. The number of nitrogens with zero attached hydrogens (tertiary/aromatic N) is 2. The number of halogens is 1. The molecule has 2 aromatic rings. The Labute approximate surface area is 72.8 Å². The molecule has 0 aliphatic heterocycles. The fraction of sp³-hybridized carbons (Fsp3) is 0.125. The molecule has 2 aromatic heterocycles. The summed E-state index contributed by atoms with van der Waals surface area (Å²) in [5, 5.41) is 6.69. The van der Waals surface area contributed by atoms with Gasteiger partial charge in [0.05, 0.1) is 11.6 Å². The number of fused-ring (bicyclic) bond motifs is 1. The van der Waals surface area contributed by atoms with Crippen molar-refractivity contribution in [3.63, 3.8) is 0 Å². The van der Waals surface area contributed by atoms with E-state index in [4.69, 9.17) is 0 Å². The summed E-state index contributed by atoms with van der Waals surface area (Å²) in [5.74, 6) is -0.661. The quantitative estimate of drug-likeness (QED) is 0.671. The minimum Gasteiger partial charge on any atom is -0.293 e. The predicted molar refractivity (Wildman–Crippen MR) is 43.9 cm³/mol. The summed E-state index contributed by atoms with van der Waals surface area (Å²) in [6.07, 6.45) is 1.06. The van der Waals surface area contributed by atoms with Gasteiger partial charge >= 0.3 is 0 Å². The fourth-order valence-corrected chi connectivity index (χ4v) is 1.14. The number of nitrogens with one attached hydrogen (secondary N) is 1. The highest BCUT2D eigenvalue weighted by molar-refractivity contribution is 6.03. The normalized spacial score (nSPS) is 10.6. The maximum atomic E-state index is 12.7. The van der Waals surface area contributed by atoms with Gasteiger partial charge in [-0.3, -0.25) is 9.89 Å². The molecule has 1 N–H and O–H groups in total. The molecule has 0 unspecified atom stereocenters. The van der Waals surface area contributed by atoms with Crippen molar-refractivity contribution in [3.05, 3.63) is 23.8 Å². The lowest BCUT2D eigenvalue weighted by atomic mass is 10.2. The SMILES string of the molecule is CC(=O)c1[nH]nc2ncc(F)cc12. The first kappa shape index (κ1) is 7.85. The zero-order valence-corrected chi connectivity index (χ0v) is 6.84. The van der Waals surface area contributed by atoms with Gasteiger partial charge in [-0.05, 0) is 6.07 Å². The fourth-order valence-electron chi connectivity index (χ4n) is 1.14. The number of rotatable bonds is 1. The molecular weight excluding hydrogens is 173 g/mol. The molecule has 0 aromatic carbocycles. The molecule has 0 spiro atoms. The van der Waals surface area contributed by atoms with Crippen molar-refractivity contribution in [2.45, 2.75) is 6.92 Å². The molecule has 0 radical (unpaired) electrons. The van der Waals surface area contributed by atoms with Gasteiger partial charge < -0.3 is 0 Å². The Morgan fingerprint density at radius 1 is 1.62 bits per heavy atom. The van der Waals surface area contributed by atoms with Crippen molar-refractivity contribution in [1.82, 2.24) is 15.2 Å². The van der Waals surface area contributed by atoms with Gasteiger partial charge in [-0.2, -0.15) is 5.10 Å². The molecule has 2 heterocycles. The summed E-state index contributed by atoms with van der Waals surface area (Å²) < 4.78 is 12.7. The second-order valence-corrected chi connectivity index (χ2v) is 2.68. The van der Waals surface area contributed by atoms with E-state index in [1.807, 2.05) is 0 Å². The van der Waals surface area contributed by atoms with Crippen LogP contribution in [-0.2, 0) is 0 Å². The molecule has 2 rings (SSSR count). The number of hydrogen-bond donors (Lipinski definition) is 1. The number of carbonyl (C=O) groups is 1. The van der Waals surface area contributed by atoms with Gasteiger partial charge in [-0.25, -0.2) is 9.37 Å². The van der Waals surface area contributed by atoms with E-state index in [0.29, 0.717) is 16.7 Å². The number of pyridine rings is 1. The van der Waals surface area contributed by atoms with E-state index in [0.717, 1.165) is 6.20 Å². The van der Waals surface area contributed by atoms with Crippen LogP contribution in [0.3, 0.4) is 0 Å². The Bertz CT molecular complexity index is 477. The standard InChI is InChI=1S/C8H6FN3O/c1-4(13)7-6-2-5(9)3-10-8(6)12-11-7/h2-3H,1H3,(H,10,11,12). The Hall–Kier alpha value is -1.78. The lowest BCUT2D eigenvalue weighted by Gasteiger charge is -1.90. The van der Waals surface area contributed by atoms with Crippen molar-refractivity contribution in [3.8, 4) is 0 Å². The van der Waals surface area contributed by atoms with E-state index in [1.165, 1.54) is 13.0 Å². The average molecular weight is 179 g/mol. The van der Waals surface area contributed by atoms with Crippen molar-refractivity contribution >= 4 is 16.8 Å². The Kier molecular flexibility index (Phi) is 1.58. The van der Waals surface area contributed by atoms with Crippen LogP contribution < -0.4 is 0 Å². The highest BCUT2D eigenvalue weighted by atomic mass is 19.1. The van der Waals surface area contributed by atoms with Gasteiger partial charge in [-0.1, -0.05) is 0 Å². The maximum Gasteiger partial charge on any atom is 0.181 e. The number of ketones is 1. The zero-order valence-electron chi connectivity index (χ0n) is 6.84. The van der Waals surface area contributed by atoms with E-state index in [1.54, 1.807) is 0 Å². The highest BCUT2D eigenvalue weighted by Crippen LogP contribution is 2.14. The summed E-state index contributed by atoms with van der Waals surface area (Å²) >= 11 is 0. The number of aromatic nitrogens is 3. The number of aromatic amines is 1. The summed E-state index contributed by atoms with van der Waals surface area (Å²) in [5.41, 5.74) is 0.647. The number of carbonyl (C=O) groups excluding carboxylic acids is 1. The first-order valence-corrected chi connectivity index (χ1v) is 3.69. The molecule has 5 heteroatoms. The van der Waals surface area contributed by atoms with Crippen LogP contribution >= 0.6 is 0 Å². The molecule has 0 bridgehead atoms. The first-order chi connectivity index (χ1) is 6.18. The Balaban J connectivity index is 2.79. The van der Waals surface area contributed by atoms with Crippen molar-refractivity contribution in [2.24, 2.45) is 0 Å². The van der Waals surface area contributed by atoms with Gasteiger partial charge in [0.15, 0.2) is 11.4 Å². The molecule has 0 saturated carbocycles. The van der Waals surface area contributed by atoms with E-state index in [9.17, 15) is 9.18 Å². The third-order valence-corrected chi connectivity index (χ3v) is 1.73. The van der Waals surface area contributed by atoms with Crippen LogP contribution in [0, 0.1) is 5.82 Å². The van der Waals surface area contributed by atoms with Crippen LogP contribution in [0.5, 0.6) is 0 Å². The largest absolute Gasteiger partial charge is 0.293 e. The minimum absolute atomic E-state index is 0.185. The van der Waals surface area contributed by atoms with Gasteiger partial charge in [0.2, 0.25) is 0 Å². The van der Waals surface area contributed by atoms with E-state index in [-0.39, 0.29) is 5.78 Å². The van der Waals surface area contributed by atoms with Gasteiger partial charge in [0, 0.05) is 6.92 Å². The molecule has 0 aliphatic carbocycles. The third-order valence-electron chi connectivity index (χ3n) is 1.73. The van der Waals surface area contributed by atoms with Crippen LogP contribution in [0.15, 0.2) is 12.3 Å². The molecule has 4 nitrogen and oxygen atoms in total. The maximum absolute atomic E-state index is 12.7. The average Bonchev–Trinajstić information content (AvgIpc) is 2.46. The summed E-state index contributed by atoms with van der Waals surface area (Å²) in [4.78, 5) is 14.7. The number of hydrogen-bond acceptors (Lipinski definition) is 3. The second-order valence-electron chi connectivity index (χ2n) is 2.68. The first-order valence-electron chi connectivity index (χ1n) is 3.69. The summed E-state index contributed by atoms with van der Waals surface area (Å²) in [6, 6.07) is 1.24. The van der Waals surface area contributed by atoms with Gasteiger partial charge in [0.25, 0.3) is 0 Å². The Morgan fingerprint density at radius 2 is 2.38 bits per heavy atom. The third kappa shape index (κ3) is 1.18. The van der Waals surface area contributed by atoms with Crippen molar-refractivity contribution in [2.75, 3.05) is 0 Å². The van der Waals surface area contributed by atoms with Crippen molar-refractivity contribution < 1.29 is 9.18 Å². The summed E-state index contributed by atoms with van der Waals surface area (Å²) in [6.45, 7) is 1.39. The molecule has 0 aliphatic rings. The van der Waals surface area contributed by atoms with Crippen molar-refractivity contribution in [1.29, 1.82) is 0 Å². The van der Waals surface area contributed by atoms with E-state index < -0.39 is 5.82 Å². The molecule has 13 heavy (non-hydrogen) atoms. The monoisotopic (exact) mass is 179 g/mol. The van der Waals surface area contributed by atoms with E-state index >= 15 is 0 Å². The molecule has 0 fully saturated rings.